The van der Waals surface area contributed by atoms with E-state index in [1.807, 2.05) is 12.1 Å². The van der Waals surface area contributed by atoms with E-state index in [4.69, 9.17) is 11.6 Å². The minimum absolute atomic E-state index is 0.419. The van der Waals surface area contributed by atoms with Crippen LogP contribution in [0.5, 0.6) is 0 Å². The highest BCUT2D eigenvalue weighted by Crippen LogP contribution is 2.21. The summed E-state index contributed by atoms with van der Waals surface area (Å²) >= 11 is 6.04. The summed E-state index contributed by atoms with van der Waals surface area (Å²) in [6, 6.07) is 8.58. The Balaban J connectivity index is 2.27. The van der Waals surface area contributed by atoms with Gasteiger partial charge in [-0.25, -0.2) is 0 Å². The quantitative estimate of drug-likeness (QED) is 0.686. The van der Waals surface area contributed by atoms with Crippen molar-refractivity contribution < 1.29 is 0 Å². The summed E-state index contributed by atoms with van der Waals surface area (Å²) in [5.74, 6) is 0. The summed E-state index contributed by atoms with van der Waals surface area (Å²) in [5, 5.41) is 4.26. The first-order valence-corrected chi connectivity index (χ1v) is 7.69. The average Bonchev–Trinajstić information content (AvgIpc) is 2.41. The van der Waals surface area contributed by atoms with Crippen LogP contribution < -0.4 is 5.32 Å². The predicted octanol–water partition coefficient (Wildman–Crippen LogP) is 4.11. The van der Waals surface area contributed by atoms with Crippen LogP contribution >= 0.6 is 11.6 Å². The molecule has 2 nitrogen and oxygen atoms in total. The van der Waals surface area contributed by atoms with E-state index in [0.29, 0.717) is 6.04 Å². The maximum absolute atomic E-state index is 6.04. The van der Waals surface area contributed by atoms with Crippen molar-refractivity contribution in [2.75, 3.05) is 26.7 Å². The van der Waals surface area contributed by atoms with E-state index in [-0.39, 0.29) is 0 Å². The van der Waals surface area contributed by atoms with Crippen molar-refractivity contribution in [3.63, 3.8) is 0 Å². The van der Waals surface area contributed by atoms with Crippen LogP contribution in [0.4, 0.5) is 0 Å². The van der Waals surface area contributed by atoms with Gasteiger partial charge in [-0.3, -0.25) is 4.90 Å². The topological polar surface area (TPSA) is 15.3 Å². The summed E-state index contributed by atoms with van der Waals surface area (Å²) in [6.45, 7) is 7.83. The SMILES string of the molecule is CCCNCCCCN(C)C(C)c1cccc(Cl)c1. The molecule has 0 radical (unpaired) electrons. The first kappa shape index (κ1) is 16.5. The van der Waals surface area contributed by atoms with E-state index in [2.05, 4.69) is 43.2 Å². The van der Waals surface area contributed by atoms with Gasteiger partial charge in [-0.05, 0) is 70.6 Å². The fraction of sp³-hybridized carbons (Fsp3) is 0.625. The van der Waals surface area contributed by atoms with E-state index >= 15 is 0 Å². The molecular weight excluding hydrogens is 256 g/mol. The van der Waals surface area contributed by atoms with Crippen LogP contribution in [0, 0.1) is 0 Å². The van der Waals surface area contributed by atoms with Crippen LogP contribution in [0.1, 0.15) is 44.7 Å². The number of unbranched alkanes of at least 4 members (excludes halogenated alkanes) is 1. The van der Waals surface area contributed by atoms with Gasteiger partial charge in [0.05, 0.1) is 0 Å². The van der Waals surface area contributed by atoms with E-state index in [1.54, 1.807) is 0 Å². The molecule has 0 saturated carbocycles. The van der Waals surface area contributed by atoms with Crippen LogP contribution in [-0.4, -0.2) is 31.6 Å². The highest BCUT2D eigenvalue weighted by molar-refractivity contribution is 6.30. The van der Waals surface area contributed by atoms with Gasteiger partial charge >= 0.3 is 0 Å². The molecule has 0 aromatic heterocycles. The monoisotopic (exact) mass is 282 g/mol. The third-order valence-corrected chi connectivity index (χ3v) is 3.77. The lowest BCUT2D eigenvalue weighted by Gasteiger charge is -2.25. The Morgan fingerprint density at radius 3 is 2.74 bits per heavy atom. The summed E-state index contributed by atoms with van der Waals surface area (Å²) in [5.41, 5.74) is 1.29. The average molecular weight is 283 g/mol. The van der Waals surface area contributed by atoms with Gasteiger partial charge in [0.2, 0.25) is 0 Å². The minimum Gasteiger partial charge on any atom is -0.317 e. The molecule has 1 aromatic rings. The fourth-order valence-electron chi connectivity index (χ4n) is 2.13. The molecule has 19 heavy (non-hydrogen) atoms. The summed E-state index contributed by atoms with van der Waals surface area (Å²) < 4.78 is 0. The molecule has 1 N–H and O–H groups in total. The maximum atomic E-state index is 6.04. The molecule has 0 aliphatic carbocycles. The molecule has 0 saturated heterocycles. The lowest BCUT2D eigenvalue weighted by atomic mass is 10.1. The van der Waals surface area contributed by atoms with Crippen LogP contribution in [0.3, 0.4) is 0 Å². The zero-order chi connectivity index (χ0) is 14.1. The van der Waals surface area contributed by atoms with E-state index in [0.717, 1.165) is 24.7 Å². The third-order valence-electron chi connectivity index (χ3n) is 3.53. The van der Waals surface area contributed by atoms with Crippen LogP contribution in [-0.2, 0) is 0 Å². The highest BCUT2D eigenvalue weighted by atomic mass is 35.5. The van der Waals surface area contributed by atoms with Crippen LogP contribution in [0.25, 0.3) is 0 Å². The number of nitrogens with zero attached hydrogens (tertiary/aromatic N) is 1. The molecule has 0 fully saturated rings. The molecule has 0 aliphatic heterocycles. The Morgan fingerprint density at radius 2 is 2.05 bits per heavy atom. The Kier molecular flexibility index (Phi) is 8.11. The summed E-state index contributed by atoms with van der Waals surface area (Å²) in [6.07, 6.45) is 3.69. The van der Waals surface area contributed by atoms with Crippen molar-refractivity contribution in [1.82, 2.24) is 10.2 Å². The molecule has 3 heteroatoms. The number of nitrogens with one attached hydrogen (secondary N) is 1. The Morgan fingerprint density at radius 1 is 1.26 bits per heavy atom. The lowest BCUT2D eigenvalue weighted by molar-refractivity contribution is 0.256. The smallest absolute Gasteiger partial charge is 0.0409 e. The first-order chi connectivity index (χ1) is 9.15. The molecule has 0 bridgehead atoms. The van der Waals surface area contributed by atoms with E-state index in [1.165, 1.54) is 24.8 Å². The molecule has 0 amide bonds. The van der Waals surface area contributed by atoms with Gasteiger partial charge in [0.25, 0.3) is 0 Å². The van der Waals surface area contributed by atoms with E-state index in [9.17, 15) is 0 Å². The van der Waals surface area contributed by atoms with Gasteiger partial charge in [-0.2, -0.15) is 0 Å². The normalized spacial score (nSPS) is 12.9. The molecule has 1 atom stereocenters. The Bertz CT molecular complexity index is 354. The molecule has 1 aromatic carbocycles. The van der Waals surface area contributed by atoms with Crippen LogP contribution in [0.2, 0.25) is 5.02 Å². The van der Waals surface area contributed by atoms with Crippen molar-refractivity contribution in [3.05, 3.63) is 34.9 Å². The highest BCUT2D eigenvalue weighted by Gasteiger charge is 2.11. The van der Waals surface area contributed by atoms with Gasteiger partial charge in [-0.15, -0.1) is 0 Å². The number of benzene rings is 1. The lowest BCUT2D eigenvalue weighted by Crippen LogP contribution is -2.24. The Hall–Kier alpha value is -0.570. The second-order valence-corrected chi connectivity index (χ2v) is 5.61. The molecule has 0 aliphatic rings. The summed E-state index contributed by atoms with van der Waals surface area (Å²) in [7, 11) is 2.19. The van der Waals surface area contributed by atoms with Crippen molar-refractivity contribution in [3.8, 4) is 0 Å². The van der Waals surface area contributed by atoms with Crippen molar-refractivity contribution in [2.24, 2.45) is 0 Å². The van der Waals surface area contributed by atoms with Crippen molar-refractivity contribution in [1.29, 1.82) is 0 Å². The van der Waals surface area contributed by atoms with Gasteiger partial charge in [0, 0.05) is 11.1 Å². The van der Waals surface area contributed by atoms with Gasteiger partial charge < -0.3 is 5.32 Å². The molecule has 1 unspecified atom stereocenters. The zero-order valence-electron chi connectivity index (χ0n) is 12.5. The zero-order valence-corrected chi connectivity index (χ0v) is 13.2. The third kappa shape index (κ3) is 6.42. The molecule has 0 spiro atoms. The maximum Gasteiger partial charge on any atom is 0.0409 e. The number of halogens is 1. The fourth-order valence-corrected chi connectivity index (χ4v) is 2.33. The van der Waals surface area contributed by atoms with Crippen molar-refractivity contribution in [2.45, 2.75) is 39.2 Å². The molecular formula is C16H27ClN2. The second kappa shape index (κ2) is 9.35. The molecule has 108 valence electrons. The number of hydrogen-bond acceptors (Lipinski definition) is 2. The van der Waals surface area contributed by atoms with Gasteiger partial charge in [0.1, 0.15) is 0 Å². The Labute approximate surface area is 123 Å². The first-order valence-electron chi connectivity index (χ1n) is 7.31. The second-order valence-electron chi connectivity index (χ2n) is 5.17. The van der Waals surface area contributed by atoms with Gasteiger partial charge in [-0.1, -0.05) is 30.7 Å². The van der Waals surface area contributed by atoms with Crippen LogP contribution in [0.15, 0.2) is 24.3 Å². The molecule has 0 heterocycles. The molecule has 1 rings (SSSR count). The minimum atomic E-state index is 0.419. The standard InChI is InChI=1S/C16H27ClN2/c1-4-10-18-11-5-6-12-19(3)14(2)15-8-7-9-16(17)13-15/h7-9,13-14,18H,4-6,10-12H2,1-3H3. The van der Waals surface area contributed by atoms with Gasteiger partial charge in [0.15, 0.2) is 0 Å². The van der Waals surface area contributed by atoms with E-state index < -0.39 is 0 Å². The number of rotatable bonds is 9. The summed E-state index contributed by atoms with van der Waals surface area (Å²) in [4.78, 5) is 2.39. The number of hydrogen-bond donors (Lipinski definition) is 1. The predicted molar refractivity (Wildman–Crippen MR) is 84.9 cm³/mol. The largest absolute Gasteiger partial charge is 0.317 e. The van der Waals surface area contributed by atoms with Crippen molar-refractivity contribution >= 4 is 11.6 Å².